The van der Waals surface area contributed by atoms with Crippen LogP contribution in [0.5, 0.6) is 5.75 Å². The predicted octanol–water partition coefficient (Wildman–Crippen LogP) is 3.80. The Balaban J connectivity index is 0.000000349. The zero-order valence-electron chi connectivity index (χ0n) is 36.3. The number of allylic oxidation sites excluding steroid dienone is 2. The maximum Gasteiger partial charge on any atom is 0.412 e. The lowest BCUT2D eigenvalue weighted by molar-refractivity contribution is 0.0635. The van der Waals surface area contributed by atoms with Gasteiger partial charge in [0.25, 0.3) is 5.91 Å². The number of nitrogens with zero attached hydrogens (tertiary/aromatic N) is 9. The highest BCUT2D eigenvalue weighted by atomic mass is 16.6. The van der Waals surface area contributed by atoms with Crippen molar-refractivity contribution in [1.29, 1.82) is 0 Å². The Morgan fingerprint density at radius 2 is 1.51 bits per heavy atom. The molecule has 0 bridgehead atoms. The number of ether oxygens (including phenoxy) is 2. The van der Waals surface area contributed by atoms with E-state index in [0.29, 0.717) is 88.3 Å². The molecule has 0 radical (unpaired) electrons. The number of primary amides is 2. The van der Waals surface area contributed by atoms with Crippen LogP contribution in [-0.2, 0) is 30.9 Å². The molecule has 4 amide bonds. The third-order valence-electron chi connectivity index (χ3n) is 9.14. The summed E-state index contributed by atoms with van der Waals surface area (Å²) in [4.78, 5) is 73.1. The molecule has 22 nitrogen and oxygen atoms in total. The molecule has 0 aliphatic rings. The number of aliphatic hydroxyl groups excluding tert-OH is 1. The Bertz CT molecular complexity index is 2700. The average Bonchev–Trinajstić information content (AvgIpc) is 3.98. The van der Waals surface area contributed by atoms with Crippen molar-refractivity contribution < 1.29 is 38.6 Å². The van der Waals surface area contributed by atoms with Gasteiger partial charge in [0.15, 0.2) is 11.9 Å². The van der Waals surface area contributed by atoms with Crippen LogP contribution in [0.15, 0.2) is 42.6 Å². The van der Waals surface area contributed by atoms with Crippen LogP contribution in [0.3, 0.4) is 0 Å². The summed E-state index contributed by atoms with van der Waals surface area (Å²) in [5.74, 6) is -0.605. The molecule has 5 heterocycles. The lowest BCUT2D eigenvalue weighted by Gasteiger charge is -2.19. The lowest BCUT2D eigenvalue weighted by atomic mass is 10.1. The summed E-state index contributed by atoms with van der Waals surface area (Å²) in [6.45, 7) is 14.1. The second kappa shape index (κ2) is 19.8. The van der Waals surface area contributed by atoms with Gasteiger partial charge in [0.05, 0.1) is 34.8 Å². The molecule has 1 aromatic carbocycles. The Morgan fingerprint density at radius 3 is 2.11 bits per heavy atom. The minimum atomic E-state index is -0.648. The monoisotopic (exact) mass is 868 g/mol. The molecule has 0 fully saturated rings. The van der Waals surface area contributed by atoms with Crippen molar-refractivity contribution in [3.05, 3.63) is 76.5 Å². The number of amides is 4. The van der Waals surface area contributed by atoms with Gasteiger partial charge in [-0.25, -0.2) is 19.7 Å². The highest BCUT2D eigenvalue weighted by Gasteiger charge is 2.22. The largest absolute Gasteiger partial charge is 0.489 e. The molecule has 334 valence electrons. The molecule has 63 heavy (non-hydrogen) atoms. The molecule has 8 N–H and O–H groups in total. The molecule has 0 aliphatic carbocycles. The van der Waals surface area contributed by atoms with E-state index in [1.54, 1.807) is 63.0 Å². The maximum atomic E-state index is 13.3. The summed E-state index contributed by atoms with van der Waals surface area (Å²) in [5, 5.41) is 26.3. The van der Waals surface area contributed by atoms with Gasteiger partial charge in [0.1, 0.15) is 40.4 Å². The van der Waals surface area contributed by atoms with E-state index < -0.39 is 29.4 Å². The first kappa shape index (κ1) is 46.4. The number of hydrogen-bond donors (Lipinski definition) is 6. The summed E-state index contributed by atoms with van der Waals surface area (Å²) in [6.07, 6.45) is 5.18. The summed E-state index contributed by atoms with van der Waals surface area (Å²) in [5.41, 5.74) is 15.1. The normalized spacial score (nSPS) is 11.4. The second-order valence-electron chi connectivity index (χ2n) is 14.9. The smallest absolute Gasteiger partial charge is 0.412 e. The topological polar surface area (TPSA) is 296 Å². The molecule has 0 spiro atoms. The van der Waals surface area contributed by atoms with Crippen LogP contribution < -0.4 is 32.2 Å². The van der Waals surface area contributed by atoms with Gasteiger partial charge in [0, 0.05) is 45.0 Å². The Hall–Kier alpha value is -7.62. The van der Waals surface area contributed by atoms with Crippen molar-refractivity contribution >= 4 is 69.9 Å². The van der Waals surface area contributed by atoms with Crippen LogP contribution in [-0.4, -0.2) is 105 Å². The van der Waals surface area contributed by atoms with Gasteiger partial charge >= 0.3 is 6.09 Å². The van der Waals surface area contributed by atoms with E-state index in [1.807, 2.05) is 30.6 Å². The van der Waals surface area contributed by atoms with Gasteiger partial charge in [0.2, 0.25) is 23.7 Å². The number of aromatic nitrogens is 9. The number of nitrogens with one attached hydrogen (secondary N) is 3. The van der Waals surface area contributed by atoms with E-state index >= 15 is 0 Å². The van der Waals surface area contributed by atoms with Gasteiger partial charge < -0.3 is 35.9 Å². The summed E-state index contributed by atoms with van der Waals surface area (Å²) < 4.78 is 17.6. The Kier molecular flexibility index (Phi) is 14.6. The van der Waals surface area contributed by atoms with Crippen LogP contribution in [0, 0.1) is 13.8 Å². The summed E-state index contributed by atoms with van der Waals surface area (Å²) in [6, 6.07) is 6.31. The number of nitrogens with two attached hydrogens (primary N) is 2. The number of fused-ring (bicyclic) bond motifs is 2. The van der Waals surface area contributed by atoms with Gasteiger partial charge in [-0.15, -0.1) is 0 Å². The van der Waals surface area contributed by atoms with Gasteiger partial charge in [-0.3, -0.25) is 43.7 Å². The number of carbonyl (C=O) groups is 5. The van der Waals surface area contributed by atoms with Gasteiger partial charge in [-0.2, -0.15) is 10.2 Å². The van der Waals surface area contributed by atoms with E-state index in [0.717, 1.165) is 0 Å². The summed E-state index contributed by atoms with van der Waals surface area (Å²) >= 11 is 0. The van der Waals surface area contributed by atoms with Gasteiger partial charge in [-0.1, -0.05) is 12.2 Å². The fourth-order valence-electron chi connectivity index (χ4n) is 6.44. The molecular weight excluding hydrogens is 817 g/mol. The Morgan fingerprint density at radius 1 is 0.857 bits per heavy atom. The van der Waals surface area contributed by atoms with E-state index in [2.05, 4.69) is 41.1 Å². The number of pyridine rings is 1. The quantitative estimate of drug-likeness (QED) is 0.0596. The van der Waals surface area contributed by atoms with Crippen molar-refractivity contribution in [1.82, 2.24) is 43.6 Å². The van der Waals surface area contributed by atoms with Crippen LogP contribution in [0.4, 0.5) is 22.4 Å². The molecule has 22 heteroatoms. The van der Waals surface area contributed by atoms with Crippen LogP contribution >= 0.6 is 0 Å². The standard InChI is InChI=1S/C29H33N11O5.C12H19N3O3/c1-4-40-21(11-16(2)37-40)27(44)36-29-35-20-13-18(25(31)43)15-33-26(20)39(29)8-6-5-7-38-23-19(34-28(38)32-3)12-17(24(30)42)14-22(23)45-10-9-41;1-6-15-9(7-16)10(8(2)14-15)13-11(17)18-12(3,4)5/h5-6,11-15,41H,4,7-10H2,1-3H3,(H2,30,42)(H2,31,43)(H,32,34)(H,35,36,44);7H,6H2,1-5H3,(H,13,17)/b6-5+;. The Labute approximate surface area is 361 Å². The first-order valence-electron chi connectivity index (χ1n) is 19.9. The first-order valence-corrected chi connectivity index (χ1v) is 19.9. The number of aliphatic hydroxyl groups is 1. The molecule has 0 saturated heterocycles. The van der Waals surface area contributed by atoms with Crippen molar-refractivity contribution in [2.24, 2.45) is 11.5 Å². The van der Waals surface area contributed by atoms with Gasteiger partial charge in [-0.05, 0) is 72.7 Å². The zero-order valence-corrected chi connectivity index (χ0v) is 36.3. The van der Waals surface area contributed by atoms with E-state index in [-0.39, 0.29) is 36.8 Å². The number of benzene rings is 1. The van der Waals surface area contributed by atoms with Crippen molar-refractivity contribution in [3.63, 3.8) is 0 Å². The van der Waals surface area contributed by atoms with Crippen LogP contribution in [0.2, 0.25) is 0 Å². The maximum absolute atomic E-state index is 13.3. The van der Waals surface area contributed by atoms with Crippen molar-refractivity contribution in [2.45, 2.75) is 80.2 Å². The van der Waals surface area contributed by atoms with Crippen molar-refractivity contribution in [2.75, 3.05) is 36.2 Å². The molecular formula is C41H52N14O8. The average molecular weight is 869 g/mol. The highest BCUT2D eigenvalue weighted by molar-refractivity contribution is 6.03. The number of anilines is 3. The fraction of sp³-hybridized carbons (Fsp3) is 0.366. The van der Waals surface area contributed by atoms with Crippen molar-refractivity contribution in [3.8, 4) is 5.75 Å². The second-order valence-corrected chi connectivity index (χ2v) is 14.9. The molecule has 6 aromatic rings. The van der Waals surface area contributed by atoms with Crippen LogP contribution in [0.1, 0.15) is 87.7 Å². The molecule has 5 aromatic heterocycles. The lowest BCUT2D eigenvalue weighted by Crippen LogP contribution is -2.27. The molecule has 0 atom stereocenters. The highest BCUT2D eigenvalue weighted by Crippen LogP contribution is 2.31. The number of imidazole rings is 2. The molecule has 0 saturated carbocycles. The number of carbonyl (C=O) groups excluding carboxylic acids is 5. The SMILES string of the molecule is CCn1nc(C)c(NC(=O)OC(C)(C)C)c1C=O.CCn1nc(C)cc1C(=O)Nc1nc2cc(C(N)=O)cnc2n1C/C=C/Cn1c(NC)nc2cc(C(N)=O)cc(OCCO)c21. The molecule has 6 rings (SSSR count). The first-order chi connectivity index (χ1) is 29.9. The minimum Gasteiger partial charge on any atom is -0.489 e. The number of rotatable bonds is 16. The molecule has 0 unspecified atom stereocenters. The van der Waals surface area contributed by atoms with E-state index in [9.17, 15) is 29.1 Å². The number of aryl methyl sites for hydroxylation is 4. The minimum absolute atomic E-state index is 0.0124. The third kappa shape index (κ3) is 10.8. The van der Waals surface area contributed by atoms with Crippen LogP contribution in [0.25, 0.3) is 22.2 Å². The third-order valence-corrected chi connectivity index (χ3v) is 9.14. The summed E-state index contributed by atoms with van der Waals surface area (Å²) in [7, 11) is 1.72. The fourth-order valence-corrected chi connectivity index (χ4v) is 6.44. The van der Waals surface area contributed by atoms with E-state index in [1.165, 1.54) is 23.0 Å². The number of aldehydes is 1. The predicted molar refractivity (Wildman–Crippen MR) is 234 cm³/mol. The zero-order chi connectivity index (χ0) is 46.2. The van der Waals surface area contributed by atoms with E-state index in [4.69, 9.17) is 20.9 Å². The molecule has 0 aliphatic heterocycles. The number of hydrogen-bond acceptors (Lipinski definition) is 14.